The number of hydrogen-bond donors (Lipinski definition) is 1. The lowest BCUT2D eigenvalue weighted by molar-refractivity contribution is -0.116. The first-order valence-electron chi connectivity index (χ1n) is 9.23. The zero-order valence-corrected chi connectivity index (χ0v) is 17.0. The molecule has 3 rings (SSSR count). The van der Waals surface area contributed by atoms with E-state index in [-0.39, 0.29) is 5.91 Å². The zero-order chi connectivity index (χ0) is 19.1. The van der Waals surface area contributed by atoms with E-state index in [2.05, 4.69) is 45.3 Å². The van der Waals surface area contributed by atoms with E-state index in [1.54, 1.807) is 6.20 Å². The van der Waals surface area contributed by atoms with Crippen molar-refractivity contribution in [1.82, 2.24) is 4.98 Å². The molecule has 27 heavy (non-hydrogen) atoms. The number of nitrogens with zero attached hydrogens (tertiary/aromatic N) is 1. The van der Waals surface area contributed by atoms with Crippen molar-refractivity contribution >= 4 is 27.5 Å². The second-order valence-corrected chi connectivity index (χ2v) is 7.39. The molecule has 0 bridgehead atoms. The molecule has 5 heteroatoms. The standard InChI is InChI=1S/C22H23BrN2O2/c1-2-3-4-16-5-11-19(12-6-16)25-21(26)13-14-22-24-15-20(27-22)17-7-9-18(23)10-8-17/h5-12,15H,2-4,13-14H2,1H3,(H,25,26). The Morgan fingerprint density at radius 2 is 1.81 bits per heavy atom. The Labute approximate surface area is 168 Å². The summed E-state index contributed by atoms with van der Waals surface area (Å²) in [6.07, 6.45) is 5.95. The van der Waals surface area contributed by atoms with Crippen LogP contribution in [0.5, 0.6) is 0 Å². The highest BCUT2D eigenvalue weighted by Gasteiger charge is 2.09. The van der Waals surface area contributed by atoms with Gasteiger partial charge in [-0.15, -0.1) is 0 Å². The van der Waals surface area contributed by atoms with Crippen LogP contribution < -0.4 is 5.32 Å². The number of carbonyl (C=O) groups is 1. The van der Waals surface area contributed by atoms with Crippen LogP contribution in [0.25, 0.3) is 11.3 Å². The lowest BCUT2D eigenvalue weighted by Gasteiger charge is -2.06. The van der Waals surface area contributed by atoms with Crippen LogP contribution in [0.3, 0.4) is 0 Å². The van der Waals surface area contributed by atoms with Crippen molar-refractivity contribution in [3.8, 4) is 11.3 Å². The van der Waals surface area contributed by atoms with Crippen molar-refractivity contribution in [2.45, 2.75) is 39.0 Å². The number of anilines is 1. The minimum absolute atomic E-state index is 0.0419. The quantitative estimate of drug-likeness (QED) is 0.479. The number of hydrogen-bond acceptors (Lipinski definition) is 3. The van der Waals surface area contributed by atoms with Crippen LogP contribution in [0.4, 0.5) is 5.69 Å². The molecule has 1 N–H and O–H groups in total. The van der Waals surface area contributed by atoms with Gasteiger partial charge in [0.15, 0.2) is 11.7 Å². The molecule has 0 spiro atoms. The molecule has 1 aromatic heterocycles. The van der Waals surface area contributed by atoms with E-state index in [9.17, 15) is 4.79 Å². The summed E-state index contributed by atoms with van der Waals surface area (Å²) in [6, 6.07) is 15.9. The average Bonchev–Trinajstić information content (AvgIpc) is 3.15. The normalized spacial score (nSPS) is 10.7. The third-order valence-electron chi connectivity index (χ3n) is 4.30. The highest BCUT2D eigenvalue weighted by atomic mass is 79.9. The molecule has 1 heterocycles. The maximum atomic E-state index is 12.2. The predicted molar refractivity (Wildman–Crippen MR) is 112 cm³/mol. The van der Waals surface area contributed by atoms with Gasteiger partial charge in [0, 0.05) is 28.6 Å². The Morgan fingerprint density at radius 3 is 2.52 bits per heavy atom. The number of carbonyl (C=O) groups excluding carboxylic acids is 1. The number of aromatic nitrogens is 1. The Bertz CT molecular complexity index is 870. The van der Waals surface area contributed by atoms with Gasteiger partial charge in [-0.2, -0.15) is 0 Å². The van der Waals surface area contributed by atoms with Crippen LogP contribution in [0.1, 0.15) is 37.6 Å². The molecule has 0 aliphatic carbocycles. The predicted octanol–water partition coefficient (Wildman–Crippen LogP) is 6.02. The Kier molecular flexibility index (Phi) is 6.82. The monoisotopic (exact) mass is 426 g/mol. The Morgan fingerprint density at radius 1 is 1.07 bits per heavy atom. The van der Waals surface area contributed by atoms with Crippen LogP contribution in [0.2, 0.25) is 0 Å². The van der Waals surface area contributed by atoms with Gasteiger partial charge in [-0.25, -0.2) is 4.98 Å². The van der Waals surface area contributed by atoms with Gasteiger partial charge in [-0.3, -0.25) is 4.79 Å². The van der Waals surface area contributed by atoms with E-state index in [1.807, 2.05) is 36.4 Å². The minimum Gasteiger partial charge on any atom is -0.441 e. The van der Waals surface area contributed by atoms with Gasteiger partial charge in [0.25, 0.3) is 0 Å². The fourth-order valence-electron chi connectivity index (χ4n) is 2.75. The maximum absolute atomic E-state index is 12.2. The van der Waals surface area contributed by atoms with Crippen molar-refractivity contribution in [2.24, 2.45) is 0 Å². The molecule has 0 unspecified atom stereocenters. The first-order chi connectivity index (χ1) is 13.1. The van der Waals surface area contributed by atoms with Crippen molar-refractivity contribution in [3.63, 3.8) is 0 Å². The third kappa shape index (κ3) is 5.79. The molecule has 3 aromatic rings. The van der Waals surface area contributed by atoms with Gasteiger partial charge in [0.2, 0.25) is 5.91 Å². The van der Waals surface area contributed by atoms with Gasteiger partial charge in [-0.1, -0.05) is 53.5 Å². The lowest BCUT2D eigenvalue weighted by atomic mass is 10.1. The minimum atomic E-state index is -0.0419. The maximum Gasteiger partial charge on any atom is 0.224 e. The number of aryl methyl sites for hydroxylation is 2. The van der Waals surface area contributed by atoms with Crippen molar-refractivity contribution in [1.29, 1.82) is 0 Å². The molecule has 2 aromatic carbocycles. The molecular formula is C22H23BrN2O2. The van der Waals surface area contributed by atoms with E-state index in [0.29, 0.717) is 24.5 Å². The molecule has 0 saturated carbocycles. The molecule has 0 aliphatic heterocycles. The van der Waals surface area contributed by atoms with Gasteiger partial charge in [0.1, 0.15) is 0 Å². The van der Waals surface area contributed by atoms with E-state index in [4.69, 9.17) is 4.42 Å². The van der Waals surface area contributed by atoms with Crippen LogP contribution >= 0.6 is 15.9 Å². The van der Waals surface area contributed by atoms with Crippen LogP contribution in [0, 0.1) is 0 Å². The van der Waals surface area contributed by atoms with Crippen LogP contribution in [-0.2, 0) is 17.6 Å². The molecule has 0 radical (unpaired) electrons. The van der Waals surface area contributed by atoms with Crippen LogP contribution in [0.15, 0.2) is 63.6 Å². The van der Waals surface area contributed by atoms with Gasteiger partial charge in [0.05, 0.1) is 6.20 Å². The molecular weight excluding hydrogens is 404 g/mol. The van der Waals surface area contributed by atoms with Crippen molar-refractivity contribution in [2.75, 3.05) is 5.32 Å². The first kappa shape index (κ1) is 19.4. The average molecular weight is 427 g/mol. The fourth-order valence-corrected chi connectivity index (χ4v) is 3.02. The number of rotatable bonds is 8. The Balaban J connectivity index is 1.50. The fraction of sp³-hybridized carbons (Fsp3) is 0.273. The summed E-state index contributed by atoms with van der Waals surface area (Å²) in [4.78, 5) is 16.4. The SMILES string of the molecule is CCCCc1ccc(NC(=O)CCc2ncc(-c3ccc(Br)cc3)o2)cc1. The summed E-state index contributed by atoms with van der Waals surface area (Å²) in [6.45, 7) is 2.18. The molecule has 0 fully saturated rings. The molecule has 1 amide bonds. The Hall–Kier alpha value is -2.40. The highest BCUT2D eigenvalue weighted by molar-refractivity contribution is 9.10. The number of halogens is 1. The lowest BCUT2D eigenvalue weighted by Crippen LogP contribution is -2.12. The largest absolute Gasteiger partial charge is 0.441 e. The smallest absolute Gasteiger partial charge is 0.224 e. The molecule has 0 saturated heterocycles. The second-order valence-electron chi connectivity index (χ2n) is 6.47. The number of unbranched alkanes of at least 4 members (excludes halogenated alkanes) is 1. The molecule has 4 nitrogen and oxygen atoms in total. The number of benzene rings is 2. The van der Waals surface area contributed by atoms with E-state index < -0.39 is 0 Å². The zero-order valence-electron chi connectivity index (χ0n) is 15.4. The van der Waals surface area contributed by atoms with E-state index >= 15 is 0 Å². The second kappa shape index (κ2) is 9.51. The summed E-state index contributed by atoms with van der Waals surface area (Å²) in [7, 11) is 0. The molecule has 0 aliphatic rings. The summed E-state index contributed by atoms with van der Waals surface area (Å²) in [5.41, 5.74) is 3.09. The van der Waals surface area contributed by atoms with E-state index in [1.165, 1.54) is 18.4 Å². The van der Waals surface area contributed by atoms with Crippen molar-refractivity contribution in [3.05, 3.63) is 70.7 Å². The molecule has 140 valence electrons. The number of nitrogens with one attached hydrogen (secondary N) is 1. The van der Waals surface area contributed by atoms with Gasteiger partial charge >= 0.3 is 0 Å². The summed E-state index contributed by atoms with van der Waals surface area (Å²) in [5.74, 6) is 1.23. The summed E-state index contributed by atoms with van der Waals surface area (Å²) < 4.78 is 6.77. The molecule has 0 atom stereocenters. The summed E-state index contributed by atoms with van der Waals surface area (Å²) in [5, 5.41) is 2.93. The number of amides is 1. The third-order valence-corrected chi connectivity index (χ3v) is 4.83. The highest BCUT2D eigenvalue weighted by Crippen LogP contribution is 2.23. The number of oxazole rings is 1. The topological polar surface area (TPSA) is 55.1 Å². The van der Waals surface area contributed by atoms with E-state index in [0.717, 1.165) is 22.1 Å². The van der Waals surface area contributed by atoms with Crippen LogP contribution in [-0.4, -0.2) is 10.9 Å². The first-order valence-corrected chi connectivity index (χ1v) is 10.0. The van der Waals surface area contributed by atoms with Gasteiger partial charge in [-0.05, 0) is 42.7 Å². The van der Waals surface area contributed by atoms with Gasteiger partial charge < -0.3 is 9.73 Å². The summed E-state index contributed by atoms with van der Waals surface area (Å²) >= 11 is 3.42. The van der Waals surface area contributed by atoms with Crippen molar-refractivity contribution < 1.29 is 9.21 Å².